The summed E-state index contributed by atoms with van der Waals surface area (Å²) in [4.78, 5) is 15.5. The van der Waals surface area contributed by atoms with Gasteiger partial charge in [-0.1, -0.05) is 13.3 Å². The molecule has 0 radical (unpaired) electrons. The molecule has 1 amide bonds. The van der Waals surface area contributed by atoms with Crippen molar-refractivity contribution in [3.8, 4) is 0 Å². The average molecular weight is 278 g/mol. The molecule has 108 valence electrons. The number of hydrogen-bond acceptors (Lipinski definition) is 5. The molecule has 0 saturated heterocycles. The van der Waals surface area contributed by atoms with Crippen molar-refractivity contribution >= 4 is 17.4 Å². The Hall–Kier alpha value is -2.12. The van der Waals surface area contributed by atoms with Crippen LogP contribution in [-0.2, 0) is 17.8 Å². The minimum absolute atomic E-state index is 0.0395. The molecule has 20 heavy (non-hydrogen) atoms. The minimum atomic E-state index is -0.527. The van der Waals surface area contributed by atoms with Gasteiger partial charge in [0.25, 0.3) is 5.91 Å². The van der Waals surface area contributed by atoms with Gasteiger partial charge in [0.1, 0.15) is 11.5 Å². The van der Waals surface area contributed by atoms with E-state index < -0.39 is 5.91 Å². The second kappa shape index (κ2) is 6.36. The van der Waals surface area contributed by atoms with Crippen LogP contribution in [0, 0.1) is 0 Å². The number of nitrogens with one attached hydrogen (secondary N) is 2. The number of aromatic nitrogens is 2. The van der Waals surface area contributed by atoms with Gasteiger partial charge in [-0.15, -0.1) is 0 Å². The third kappa shape index (κ3) is 2.89. The van der Waals surface area contributed by atoms with Crippen LogP contribution in [0.4, 0.5) is 5.82 Å². The number of nitrogens with zero attached hydrogens (tertiary/aromatic N) is 2. The van der Waals surface area contributed by atoms with Crippen LogP contribution in [0.15, 0.2) is 18.3 Å². The summed E-state index contributed by atoms with van der Waals surface area (Å²) in [6.07, 6.45) is 3.61. The number of pyridine rings is 1. The van der Waals surface area contributed by atoms with Gasteiger partial charge >= 0.3 is 0 Å². The fourth-order valence-corrected chi connectivity index (χ4v) is 2.06. The summed E-state index contributed by atoms with van der Waals surface area (Å²) in [5.41, 5.74) is 4.04. The minimum Gasteiger partial charge on any atom is -0.392 e. The van der Waals surface area contributed by atoms with Crippen molar-refractivity contribution in [2.45, 2.75) is 26.4 Å². The Balaban J connectivity index is 2.36. The fraction of sp³-hybridized carbons (Fsp3) is 0.385. The monoisotopic (exact) mass is 278 g/mol. The highest BCUT2D eigenvalue weighted by molar-refractivity contribution is 5.79. The number of aliphatic hydroxyl groups excluding tert-OH is 1. The Morgan fingerprint density at radius 1 is 1.50 bits per heavy atom. The van der Waals surface area contributed by atoms with Gasteiger partial charge < -0.3 is 14.8 Å². The Labute approximate surface area is 116 Å². The molecule has 0 atom stereocenters. The van der Waals surface area contributed by atoms with Crippen molar-refractivity contribution in [3.05, 3.63) is 29.6 Å². The summed E-state index contributed by atoms with van der Waals surface area (Å²) in [5, 5.41) is 20.6. The zero-order valence-corrected chi connectivity index (χ0v) is 11.3. The first-order chi connectivity index (χ1) is 9.69. The highest BCUT2D eigenvalue weighted by atomic mass is 16.5. The topological polar surface area (TPSA) is 98.9 Å². The number of imidazole rings is 1. The third-order valence-corrected chi connectivity index (χ3v) is 3.00. The summed E-state index contributed by atoms with van der Waals surface area (Å²) >= 11 is 0. The summed E-state index contributed by atoms with van der Waals surface area (Å²) in [6, 6.07) is 3.63. The first-order valence-electron chi connectivity index (χ1n) is 6.47. The summed E-state index contributed by atoms with van der Waals surface area (Å²) < 4.78 is 1.93. The van der Waals surface area contributed by atoms with Gasteiger partial charge in [-0.2, -0.15) is 0 Å². The fourth-order valence-electron chi connectivity index (χ4n) is 2.06. The molecule has 0 spiro atoms. The second-order valence-corrected chi connectivity index (χ2v) is 4.47. The van der Waals surface area contributed by atoms with E-state index in [2.05, 4.69) is 17.2 Å². The maximum absolute atomic E-state index is 11.1. The van der Waals surface area contributed by atoms with Crippen LogP contribution in [0.1, 0.15) is 24.6 Å². The molecular weight excluding hydrogens is 260 g/mol. The molecule has 7 heteroatoms. The molecule has 7 nitrogen and oxygen atoms in total. The normalized spacial score (nSPS) is 10.8. The number of fused-ring (bicyclic) bond motifs is 1. The molecule has 0 aromatic carbocycles. The zero-order valence-electron chi connectivity index (χ0n) is 11.3. The van der Waals surface area contributed by atoms with E-state index in [0.717, 1.165) is 24.1 Å². The maximum Gasteiger partial charge on any atom is 0.262 e. The number of rotatable bonds is 6. The van der Waals surface area contributed by atoms with Crippen LogP contribution in [-0.4, -0.2) is 32.2 Å². The lowest BCUT2D eigenvalue weighted by molar-refractivity contribution is -0.127. The van der Waals surface area contributed by atoms with Gasteiger partial charge in [0.2, 0.25) is 0 Å². The molecule has 2 rings (SSSR count). The molecule has 0 unspecified atom stereocenters. The third-order valence-electron chi connectivity index (χ3n) is 3.00. The zero-order chi connectivity index (χ0) is 14.5. The lowest BCUT2D eigenvalue weighted by Gasteiger charge is -2.05. The number of anilines is 1. The van der Waals surface area contributed by atoms with Crippen LogP contribution in [0.5, 0.6) is 0 Å². The molecule has 0 bridgehead atoms. The molecule has 0 aliphatic rings. The van der Waals surface area contributed by atoms with Crippen LogP contribution in [0.2, 0.25) is 0 Å². The number of amides is 1. The van der Waals surface area contributed by atoms with Crippen molar-refractivity contribution in [3.63, 3.8) is 0 Å². The van der Waals surface area contributed by atoms with E-state index in [1.54, 1.807) is 11.5 Å². The Bertz CT molecular complexity index is 609. The van der Waals surface area contributed by atoms with Crippen molar-refractivity contribution in [1.82, 2.24) is 14.9 Å². The van der Waals surface area contributed by atoms with Crippen molar-refractivity contribution in [1.29, 1.82) is 0 Å². The van der Waals surface area contributed by atoms with E-state index >= 15 is 0 Å². The lowest BCUT2D eigenvalue weighted by atomic mass is 10.2. The molecular formula is C13H18N4O3. The van der Waals surface area contributed by atoms with Crippen LogP contribution in [0.3, 0.4) is 0 Å². The predicted molar refractivity (Wildman–Crippen MR) is 73.5 cm³/mol. The van der Waals surface area contributed by atoms with E-state index in [-0.39, 0.29) is 13.2 Å². The van der Waals surface area contributed by atoms with Gasteiger partial charge in [-0.3, -0.25) is 10.0 Å². The lowest BCUT2D eigenvalue weighted by Crippen LogP contribution is -2.27. The summed E-state index contributed by atoms with van der Waals surface area (Å²) in [6.45, 7) is 1.97. The van der Waals surface area contributed by atoms with E-state index in [0.29, 0.717) is 11.5 Å². The molecule has 2 aromatic rings. The number of hydrogen-bond donors (Lipinski definition) is 4. The smallest absolute Gasteiger partial charge is 0.262 e. The standard InChI is InChI=1S/C13H18N4O3/c1-2-3-10-13(14-7-12(19)16-20)15-11-6-9(8-18)4-5-17(10)11/h4-6,14,18,20H,2-3,7-8H2,1H3,(H,16,19). The molecule has 2 aromatic heterocycles. The molecule has 2 heterocycles. The van der Waals surface area contributed by atoms with E-state index in [1.165, 1.54) is 0 Å². The van der Waals surface area contributed by atoms with Crippen molar-refractivity contribution < 1.29 is 15.1 Å². The first-order valence-corrected chi connectivity index (χ1v) is 6.47. The van der Waals surface area contributed by atoms with Gasteiger partial charge in [-0.25, -0.2) is 10.5 Å². The van der Waals surface area contributed by atoms with E-state index in [9.17, 15) is 4.79 Å². The average Bonchev–Trinajstić information content (AvgIpc) is 2.82. The molecule has 0 fully saturated rings. The molecule has 4 N–H and O–H groups in total. The maximum atomic E-state index is 11.1. The molecule has 0 aliphatic carbocycles. The van der Waals surface area contributed by atoms with Gasteiger partial charge in [0.05, 0.1) is 18.8 Å². The van der Waals surface area contributed by atoms with E-state index in [1.807, 2.05) is 16.7 Å². The van der Waals surface area contributed by atoms with Gasteiger partial charge in [-0.05, 0) is 24.1 Å². The van der Waals surface area contributed by atoms with Crippen LogP contribution < -0.4 is 10.8 Å². The number of carbonyl (C=O) groups excluding carboxylic acids is 1. The highest BCUT2D eigenvalue weighted by Gasteiger charge is 2.12. The van der Waals surface area contributed by atoms with Crippen molar-refractivity contribution in [2.24, 2.45) is 0 Å². The number of aliphatic hydroxyl groups is 1. The SMILES string of the molecule is CCCc1c(NCC(=O)NO)nc2cc(CO)ccn12. The van der Waals surface area contributed by atoms with E-state index in [4.69, 9.17) is 10.3 Å². The largest absolute Gasteiger partial charge is 0.392 e. The predicted octanol–water partition coefficient (Wildman–Crippen LogP) is 0.696. The summed E-state index contributed by atoms with van der Waals surface area (Å²) in [5.74, 6) is 0.0890. The van der Waals surface area contributed by atoms with Gasteiger partial charge in [0.15, 0.2) is 0 Å². The summed E-state index contributed by atoms with van der Waals surface area (Å²) in [7, 11) is 0. The van der Waals surface area contributed by atoms with Crippen molar-refractivity contribution in [2.75, 3.05) is 11.9 Å². The Kier molecular flexibility index (Phi) is 4.54. The molecule has 0 saturated carbocycles. The van der Waals surface area contributed by atoms with Crippen LogP contribution in [0.25, 0.3) is 5.65 Å². The number of aryl methyl sites for hydroxylation is 1. The quantitative estimate of drug-likeness (QED) is 0.460. The first kappa shape index (κ1) is 14.3. The molecule has 0 aliphatic heterocycles. The van der Waals surface area contributed by atoms with Gasteiger partial charge in [0, 0.05) is 6.20 Å². The highest BCUT2D eigenvalue weighted by Crippen LogP contribution is 2.20. The Morgan fingerprint density at radius 2 is 2.30 bits per heavy atom. The Morgan fingerprint density at radius 3 is 2.95 bits per heavy atom. The number of carbonyl (C=O) groups is 1. The number of hydroxylamine groups is 1. The van der Waals surface area contributed by atoms with Crippen LogP contribution >= 0.6 is 0 Å². The second-order valence-electron chi connectivity index (χ2n) is 4.47.